The summed E-state index contributed by atoms with van der Waals surface area (Å²) in [6.45, 7) is 4.18. The van der Waals surface area contributed by atoms with Crippen LogP contribution in [0.5, 0.6) is 5.75 Å². The first-order valence-corrected chi connectivity index (χ1v) is 6.31. The minimum absolute atomic E-state index is 0.395. The lowest BCUT2D eigenvalue weighted by molar-refractivity contribution is 0.264. The molecule has 0 radical (unpaired) electrons. The van der Waals surface area contributed by atoms with Crippen LogP contribution in [0.25, 0.3) is 0 Å². The van der Waals surface area contributed by atoms with Gasteiger partial charge in [-0.25, -0.2) is 0 Å². The third kappa shape index (κ3) is 4.10. The summed E-state index contributed by atoms with van der Waals surface area (Å²) >= 11 is 9.18. The van der Waals surface area contributed by atoms with Gasteiger partial charge in [-0.05, 0) is 48.3 Å². The number of hydrogen-bond acceptors (Lipinski definition) is 3. The highest BCUT2D eigenvalue weighted by Gasteiger charge is 2.17. The SMILES string of the molecule is CC(C)(C#N)CCOc1c(N)cc(Cl)cc1Br. The van der Waals surface area contributed by atoms with E-state index in [1.807, 2.05) is 13.8 Å². The molecule has 2 N–H and O–H groups in total. The second-order valence-electron chi connectivity index (χ2n) is 4.40. The Balaban J connectivity index is 2.68. The summed E-state index contributed by atoms with van der Waals surface area (Å²) in [5.41, 5.74) is 5.89. The predicted molar refractivity (Wildman–Crippen MR) is 73.1 cm³/mol. The molecule has 0 unspecified atom stereocenters. The van der Waals surface area contributed by atoms with Crippen LogP contribution in [0, 0.1) is 16.7 Å². The van der Waals surface area contributed by atoms with Gasteiger partial charge in [0.2, 0.25) is 0 Å². The number of halogens is 2. The van der Waals surface area contributed by atoms with E-state index < -0.39 is 5.41 Å². The van der Waals surface area contributed by atoms with Crippen LogP contribution in [0.1, 0.15) is 20.3 Å². The van der Waals surface area contributed by atoms with E-state index in [-0.39, 0.29) is 0 Å². The number of nitrogens with zero attached hydrogens (tertiary/aromatic N) is 1. The average Bonchev–Trinajstić information content (AvgIpc) is 2.22. The Hall–Kier alpha value is -0.920. The third-order valence-electron chi connectivity index (χ3n) is 2.31. The van der Waals surface area contributed by atoms with Crippen molar-refractivity contribution in [2.45, 2.75) is 20.3 Å². The molecule has 5 heteroatoms. The van der Waals surface area contributed by atoms with E-state index in [1.54, 1.807) is 12.1 Å². The van der Waals surface area contributed by atoms with Gasteiger partial charge in [-0.1, -0.05) is 11.6 Å². The standard InChI is InChI=1S/C12H14BrClN2O/c1-12(2,7-15)3-4-17-11-9(13)5-8(14)6-10(11)16/h5-6H,3-4,16H2,1-2H3. The van der Waals surface area contributed by atoms with Gasteiger partial charge in [0.25, 0.3) is 0 Å². The van der Waals surface area contributed by atoms with Crippen molar-refractivity contribution in [1.29, 1.82) is 5.26 Å². The highest BCUT2D eigenvalue weighted by Crippen LogP contribution is 2.35. The highest BCUT2D eigenvalue weighted by molar-refractivity contribution is 9.10. The lowest BCUT2D eigenvalue weighted by Gasteiger charge is -2.16. The second kappa shape index (κ2) is 5.61. The molecule has 0 heterocycles. The van der Waals surface area contributed by atoms with E-state index in [0.29, 0.717) is 29.5 Å². The first-order valence-electron chi connectivity index (χ1n) is 5.14. The Morgan fingerprint density at radius 1 is 1.53 bits per heavy atom. The second-order valence-corrected chi connectivity index (χ2v) is 5.69. The van der Waals surface area contributed by atoms with Crippen molar-refractivity contribution in [3.05, 3.63) is 21.6 Å². The number of hydrogen-bond donors (Lipinski definition) is 1. The van der Waals surface area contributed by atoms with Crippen molar-refractivity contribution in [3.63, 3.8) is 0 Å². The van der Waals surface area contributed by atoms with Crippen molar-refractivity contribution in [2.75, 3.05) is 12.3 Å². The van der Waals surface area contributed by atoms with Crippen LogP contribution < -0.4 is 10.5 Å². The molecule has 0 aliphatic carbocycles. The molecule has 17 heavy (non-hydrogen) atoms. The molecule has 0 aliphatic heterocycles. The molecule has 0 aromatic heterocycles. The molecule has 3 nitrogen and oxygen atoms in total. The van der Waals surface area contributed by atoms with Crippen LogP contribution in [0.15, 0.2) is 16.6 Å². The zero-order chi connectivity index (χ0) is 13.1. The fraction of sp³-hybridized carbons (Fsp3) is 0.417. The normalized spacial score (nSPS) is 11.0. The number of nitrogen functional groups attached to an aromatic ring is 1. The van der Waals surface area contributed by atoms with Crippen molar-refractivity contribution >= 4 is 33.2 Å². The molecule has 0 amide bonds. The topological polar surface area (TPSA) is 59.0 Å². The quantitative estimate of drug-likeness (QED) is 0.854. The first-order chi connectivity index (χ1) is 7.85. The van der Waals surface area contributed by atoms with E-state index in [9.17, 15) is 0 Å². The fourth-order valence-electron chi connectivity index (χ4n) is 1.20. The molecule has 0 atom stereocenters. The summed E-state index contributed by atoms with van der Waals surface area (Å²) in [6, 6.07) is 5.58. The molecule has 92 valence electrons. The Bertz CT molecular complexity index is 431. The van der Waals surface area contributed by atoms with Crippen LogP contribution in [-0.4, -0.2) is 6.61 Å². The van der Waals surface area contributed by atoms with Gasteiger partial charge in [0.1, 0.15) is 0 Å². The predicted octanol–water partition coefficient (Wildman–Crippen LogP) is 4.00. The van der Waals surface area contributed by atoms with Gasteiger partial charge in [-0.3, -0.25) is 0 Å². The van der Waals surface area contributed by atoms with Gasteiger partial charge in [-0.15, -0.1) is 0 Å². The van der Waals surface area contributed by atoms with Crippen LogP contribution in [0.4, 0.5) is 5.69 Å². The lowest BCUT2D eigenvalue weighted by Crippen LogP contribution is -2.13. The minimum atomic E-state index is -0.395. The monoisotopic (exact) mass is 316 g/mol. The Morgan fingerprint density at radius 2 is 2.18 bits per heavy atom. The molecule has 0 fully saturated rings. The van der Waals surface area contributed by atoms with Crippen LogP contribution in [0.2, 0.25) is 5.02 Å². The lowest BCUT2D eigenvalue weighted by atomic mass is 9.92. The number of anilines is 1. The van der Waals surface area contributed by atoms with E-state index in [2.05, 4.69) is 22.0 Å². The number of ether oxygens (including phenoxy) is 1. The Labute approximate surface area is 115 Å². The zero-order valence-corrected chi connectivity index (χ0v) is 12.1. The summed E-state index contributed by atoms with van der Waals surface area (Å²) in [7, 11) is 0. The van der Waals surface area contributed by atoms with E-state index in [1.165, 1.54) is 0 Å². The molecule has 0 aliphatic rings. The molecule has 1 aromatic rings. The molecule has 1 rings (SSSR count). The molecule has 0 saturated heterocycles. The maximum absolute atomic E-state index is 8.88. The van der Waals surface area contributed by atoms with Gasteiger partial charge in [0.15, 0.2) is 5.75 Å². The van der Waals surface area contributed by atoms with Crippen molar-refractivity contribution in [3.8, 4) is 11.8 Å². The molecule has 1 aromatic carbocycles. The van der Waals surface area contributed by atoms with E-state index in [0.717, 1.165) is 4.47 Å². The largest absolute Gasteiger partial charge is 0.490 e. The average molecular weight is 318 g/mol. The van der Waals surface area contributed by atoms with Gasteiger partial charge in [0.05, 0.1) is 28.3 Å². The molecule has 0 bridgehead atoms. The number of nitrogens with two attached hydrogens (primary N) is 1. The summed E-state index contributed by atoms with van der Waals surface area (Å²) in [5, 5.41) is 9.43. The molecular weight excluding hydrogens is 304 g/mol. The minimum Gasteiger partial charge on any atom is -0.490 e. The number of nitriles is 1. The number of rotatable bonds is 4. The summed E-state index contributed by atoms with van der Waals surface area (Å²) in [5.74, 6) is 0.572. The van der Waals surface area contributed by atoms with Gasteiger partial charge < -0.3 is 10.5 Å². The summed E-state index contributed by atoms with van der Waals surface area (Å²) < 4.78 is 6.30. The van der Waals surface area contributed by atoms with Gasteiger partial charge in [-0.2, -0.15) is 5.26 Å². The maximum Gasteiger partial charge on any atom is 0.156 e. The van der Waals surface area contributed by atoms with Gasteiger partial charge >= 0.3 is 0 Å². The number of benzene rings is 1. The Morgan fingerprint density at radius 3 is 2.71 bits per heavy atom. The van der Waals surface area contributed by atoms with E-state index in [4.69, 9.17) is 27.3 Å². The molecular formula is C12H14BrClN2O. The van der Waals surface area contributed by atoms with Gasteiger partial charge in [0, 0.05) is 5.02 Å². The fourth-order valence-corrected chi connectivity index (χ4v) is 2.15. The van der Waals surface area contributed by atoms with Crippen molar-refractivity contribution in [1.82, 2.24) is 0 Å². The smallest absolute Gasteiger partial charge is 0.156 e. The zero-order valence-electron chi connectivity index (χ0n) is 9.76. The first kappa shape index (κ1) is 14.1. The summed E-state index contributed by atoms with van der Waals surface area (Å²) in [6.07, 6.45) is 0.637. The Kier molecular flexibility index (Phi) is 4.67. The summed E-state index contributed by atoms with van der Waals surface area (Å²) in [4.78, 5) is 0. The van der Waals surface area contributed by atoms with Crippen LogP contribution in [-0.2, 0) is 0 Å². The molecule has 0 spiro atoms. The third-order valence-corrected chi connectivity index (χ3v) is 3.12. The van der Waals surface area contributed by atoms with Crippen LogP contribution >= 0.6 is 27.5 Å². The van der Waals surface area contributed by atoms with Crippen LogP contribution in [0.3, 0.4) is 0 Å². The molecule has 0 saturated carbocycles. The van der Waals surface area contributed by atoms with Crippen molar-refractivity contribution < 1.29 is 4.74 Å². The van der Waals surface area contributed by atoms with Crippen molar-refractivity contribution in [2.24, 2.45) is 5.41 Å². The maximum atomic E-state index is 8.88. The highest BCUT2D eigenvalue weighted by atomic mass is 79.9. The van der Waals surface area contributed by atoms with E-state index >= 15 is 0 Å².